The van der Waals surface area contributed by atoms with Crippen LogP contribution in [0.15, 0.2) is 17.4 Å². The molecule has 2 N–H and O–H groups in total. The highest BCUT2D eigenvalue weighted by Gasteiger charge is 2.08. The van der Waals surface area contributed by atoms with Crippen molar-refractivity contribution in [3.63, 3.8) is 0 Å². The zero-order chi connectivity index (χ0) is 8.27. The minimum atomic E-state index is -0.560. The molecule has 1 aromatic heterocycles. The number of carbonyl (C=O) groups excluding carboxylic acids is 1. The van der Waals surface area contributed by atoms with Gasteiger partial charge in [-0.15, -0.1) is 0 Å². The van der Waals surface area contributed by atoms with Crippen molar-refractivity contribution in [1.29, 1.82) is 0 Å². The van der Waals surface area contributed by atoms with Crippen LogP contribution in [-0.2, 0) is 0 Å². The molecule has 0 atom stereocenters. The predicted molar refractivity (Wildman–Crippen MR) is 40.3 cm³/mol. The van der Waals surface area contributed by atoms with Gasteiger partial charge in [-0.3, -0.25) is 4.79 Å². The fourth-order valence-corrected chi connectivity index (χ4v) is 0.588. The van der Waals surface area contributed by atoms with Crippen molar-refractivity contribution >= 4 is 18.4 Å². The maximum Gasteiger partial charge on any atom is 0.298 e. The molecule has 5 heteroatoms. The quantitative estimate of drug-likeness (QED) is 0.567. The summed E-state index contributed by atoms with van der Waals surface area (Å²) in [5.74, 6) is -0.486. The number of aromatic nitrogens is 2. The molecule has 0 aliphatic carbocycles. The molecule has 0 unspecified atom stereocenters. The van der Waals surface area contributed by atoms with Crippen LogP contribution in [0.25, 0.3) is 0 Å². The monoisotopic (exact) mass is 150 g/mol. The van der Waals surface area contributed by atoms with Gasteiger partial charge in [0.2, 0.25) is 0 Å². The molecule has 1 aromatic rings. The van der Waals surface area contributed by atoms with Crippen molar-refractivity contribution in [2.24, 2.45) is 4.99 Å². The van der Waals surface area contributed by atoms with Crippen LogP contribution in [0.3, 0.4) is 0 Å². The molecule has 0 radical (unpaired) electrons. The third-order valence-electron chi connectivity index (χ3n) is 1.07. The Kier molecular flexibility index (Phi) is 1.91. The van der Waals surface area contributed by atoms with Gasteiger partial charge >= 0.3 is 0 Å². The van der Waals surface area contributed by atoms with E-state index in [-0.39, 0.29) is 11.5 Å². The maximum atomic E-state index is 10.8. The third-order valence-corrected chi connectivity index (χ3v) is 1.07. The fraction of sp³-hybridized carbons (Fsp3) is 0. The van der Waals surface area contributed by atoms with Gasteiger partial charge in [0.25, 0.3) is 5.91 Å². The van der Waals surface area contributed by atoms with E-state index in [2.05, 4.69) is 21.7 Å². The molecule has 11 heavy (non-hydrogen) atoms. The van der Waals surface area contributed by atoms with E-state index in [1.807, 2.05) is 0 Å². The predicted octanol–water partition coefficient (Wildman–Crippen LogP) is -0.100. The van der Waals surface area contributed by atoms with Crippen LogP contribution >= 0.6 is 0 Å². The first-order valence-corrected chi connectivity index (χ1v) is 2.83. The summed E-state index contributed by atoms with van der Waals surface area (Å²) in [6.45, 7) is 3.06. The second-order valence-corrected chi connectivity index (χ2v) is 1.75. The topological polar surface area (TPSA) is 81.2 Å². The number of nitrogens with two attached hydrogens (primary N) is 1. The summed E-state index contributed by atoms with van der Waals surface area (Å²) in [4.78, 5) is 21.3. The molecule has 0 bridgehead atoms. The number of nitrogens with zero attached hydrogens (tertiary/aromatic N) is 3. The highest BCUT2D eigenvalue weighted by atomic mass is 16.1. The molecule has 0 aliphatic heterocycles. The van der Waals surface area contributed by atoms with Gasteiger partial charge in [-0.05, 0) is 6.72 Å². The minimum absolute atomic E-state index is 0.0440. The summed E-state index contributed by atoms with van der Waals surface area (Å²) in [5, 5.41) is 0. The number of aliphatic imine (C=N–C) groups is 1. The van der Waals surface area contributed by atoms with Crippen LogP contribution < -0.4 is 5.73 Å². The van der Waals surface area contributed by atoms with E-state index >= 15 is 0 Å². The average Bonchev–Trinajstić information content (AvgIpc) is 2.04. The Morgan fingerprint density at radius 1 is 1.55 bits per heavy atom. The van der Waals surface area contributed by atoms with Crippen LogP contribution in [0.5, 0.6) is 0 Å². The smallest absolute Gasteiger partial charge is 0.298 e. The Morgan fingerprint density at radius 3 is 2.73 bits per heavy atom. The number of amides is 1. The lowest BCUT2D eigenvalue weighted by molar-refractivity contribution is 0.1000. The Labute approximate surface area is 63.0 Å². The van der Waals surface area contributed by atoms with Gasteiger partial charge in [-0.25, -0.2) is 15.0 Å². The highest BCUT2D eigenvalue weighted by molar-refractivity contribution is 5.98. The number of anilines is 1. The first kappa shape index (κ1) is 7.33. The van der Waals surface area contributed by atoms with Crippen molar-refractivity contribution in [2.45, 2.75) is 0 Å². The van der Waals surface area contributed by atoms with Crippen LogP contribution in [0.2, 0.25) is 0 Å². The molecule has 0 saturated heterocycles. The van der Waals surface area contributed by atoms with Crippen molar-refractivity contribution in [3.05, 3.63) is 18.1 Å². The lowest BCUT2D eigenvalue weighted by Crippen LogP contribution is -2.05. The summed E-state index contributed by atoms with van der Waals surface area (Å²) < 4.78 is 0. The zero-order valence-electron chi connectivity index (χ0n) is 5.69. The van der Waals surface area contributed by atoms with Crippen LogP contribution in [0.1, 0.15) is 10.5 Å². The Balaban J connectivity index is 3.13. The second kappa shape index (κ2) is 2.87. The zero-order valence-corrected chi connectivity index (χ0v) is 5.69. The van der Waals surface area contributed by atoms with Gasteiger partial charge in [-0.2, -0.15) is 0 Å². The lowest BCUT2D eigenvalue weighted by Gasteiger charge is -1.95. The SMILES string of the molecule is C=NC(=O)c1nccnc1N. The summed E-state index contributed by atoms with van der Waals surface area (Å²) in [7, 11) is 0. The Morgan fingerprint density at radius 2 is 2.18 bits per heavy atom. The molecule has 0 aliphatic rings. The summed E-state index contributed by atoms with van der Waals surface area (Å²) >= 11 is 0. The average molecular weight is 150 g/mol. The molecule has 0 spiro atoms. The summed E-state index contributed by atoms with van der Waals surface area (Å²) in [6, 6.07) is 0. The van der Waals surface area contributed by atoms with E-state index in [0.717, 1.165) is 0 Å². The molecule has 1 heterocycles. The van der Waals surface area contributed by atoms with Crippen molar-refractivity contribution < 1.29 is 4.79 Å². The van der Waals surface area contributed by atoms with Gasteiger partial charge < -0.3 is 5.73 Å². The standard InChI is InChI=1S/C6H6N4O/c1-8-6(11)4-5(7)10-3-2-9-4/h2-3H,1H2,(H2,7,10). The molecule has 56 valence electrons. The fourth-order valence-electron chi connectivity index (χ4n) is 0.588. The summed E-state index contributed by atoms with van der Waals surface area (Å²) in [5.41, 5.74) is 5.36. The Bertz CT molecular complexity index is 296. The molecule has 1 rings (SSSR count). The van der Waals surface area contributed by atoms with E-state index in [1.54, 1.807) is 0 Å². The molecule has 1 amide bonds. The lowest BCUT2D eigenvalue weighted by atomic mass is 10.4. The van der Waals surface area contributed by atoms with E-state index in [9.17, 15) is 4.79 Å². The van der Waals surface area contributed by atoms with E-state index in [1.165, 1.54) is 12.4 Å². The number of rotatable bonds is 1. The molecule has 0 aromatic carbocycles. The van der Waals surface area contributed by atoms with E-state index < -0.39 is 5.91 Å². The van der Waals surface area contributed by atoms with Crippen molar-refractivity contribution in [1.82, 2.24) is 9.97 Å². The van der Waals surface area contributed by atoms with Gasteiger partial charge in [0, 0.05) is 12.4 Å². The van der Waals surface area contributed by atoms with Crippen molar-refractivity contribution in [3.8, 4) is 0 Å². The van der Waals surface area contributed by atoms with Crippen LogP contribution in [0.4, 0.5) is 5.82 Å². The third kappa shape index (κ3) is 1.37. The molecular weight excluding hydrogens is 144 g/mol. The first-order chi connectivity index (χ1) is 5.25. The van der Waals surface area contributed by atoms with Gasteiger partial charge in [0.15, 0.2) is 11.5 Å². The number of hydrogen-bond donors (Lipinski definition) is 1. The number of carbonyl (C=O) groups is 1. The number of hydrogen-bond acceptors (Lipinski definition) is 4. The normalized spacial score (nSPS) is 9.09. The van der Waals surface area contributed by atoms with Gasteiger partial charge in [-0.1, -0.05) is 0 Å². The van der Waals surface area contributed by atoms with Gasteiger partial charge in [0.1, 0.15) is 0 Å². The number of nitrogen functional groups attached to an aromatic ring is 1. The molecule has 5 nitrogen and oxygen atoms in total. The van der Waals surface area contributed by atoms with Crippen LogP contribution in [-0.4, -0.2) is 22.6 Å². The summed E-state index contributed by atoms with van der Waals surface area (Å²) in [6.07, 6.45) is 2.77. The first-order valence-electron chi connectivity index (χ1n) is 2.83. The van der Waals surface area contributed by atoms with Crippen LogP contribution in [0, 0.1) is 0 Å². The van der Waals surface area contributed by atoms with Gasteiger partial charge in [0.05, 0.1) is 0 Å². The Hall–Kier alpha value is -1.78. The largest absolute Gasteiger partial charge is 0.382 e. The van der Waals surface area contributed by atoms with E-state index in [0.29, 0.717) is 0 Å². The molecule has 0 saturated carbocycles. The van der Waals surface area contributed by atoms with E-state index in [4.69, 9.17) is 5.73 Å². The maximum absolute atomic E-state index is 10.8. The molecule has 0 fully saturated rings. The molecular formula is C6H6N4O. The second-order valence-electron chi connectivity index (χ2n) is 1.75. The van der Waals surface area contributed by atoms with Crippen molar-refractivity contribution in [2.75, 3.05) is 5.73 Å². The minimum Gasteiger partial charge on any atom is -0.382 e. The highest BCUT2D eigenvalue weighted by Crippen LogP contribution is 2.03.